The highest BCUT2D eigenvalue weighted by atomic mass is 19.4. The van der Waals surface area contributed by atoms with Gasteiger partial charge < -0.3 is 5.32 Å². The molecule has 0 saturated carbocycles. The average molecular weight is 399 g/mol. The molecule has 0 atom stereocenters. The Bertz CT molecular complexity index is 1210. The van der Waals surface area contributed by atoms with Crippen LogP contribution in [-0.2, 0) is 6.18 Å². The molecule has 8 heteroatoms. The fourth-order valence-electron chi connectivity index (χ4n) is 2.97. The predicted molar refractivity (Wildman–Crippen MR) is 100.0 cm³/mol. The van der Waals surface area contributed by atoms with Crippen LogP contribution in [-0.4, -0.2) is 15.3 Å². The van der Waals surface area contributed by atoms with E-state index in [1.807, 2.05) is 0 Å². The van der Waals surface area contributed by atoms with Gasteiger partial charge >= 0.3 is 6.18 Å². The van der Waals surface area contributed by atoms with E-state index in [1.165, 1.54) is 30.3 Å². The van der Waals surface area contributed by atoms with Crippen LogP contribution in [0.15, 0.2) is 72.9 Å². The summed E-state index contributed by atoms with van der Waals surface area (Å²) >= 11 is 0. The lowest BCUT2D eigenvalue weighted by molar-refractivity contribution is -0.137. The van der Waals surface area contributed by atoms with Gasteiger partial charge in [-0.3, -0.25) is 9.20 Å². The fraction of sp³-hybridized carbons (Fsp3) is 0.0476. The molecule has 0 saturated heterocycles. The minimum atomic E-state index is -4.56. The Morgan fingerprint density at radius 3 is 2.52 bits per heavy atom. The summed E-state index contributed by atoms with van der Waals surface area (Å²) in [6, 6.07) is 15.0. The molecular weight excluding hydrogens is 386 g/mol. The highest BCUT2D eigenvalue weighted by Gasteiger charge is 2.31. The van der Waals surface area contributed by atoms with E-state index >= 15 is 0 Å². The van der Waals surface area contributed by atoms with Crippen molar-refractivity contribution in [2.75, 3.05) is 5.32 Å². The second kappa shape index (κ2) is 7.05. The lowest BCUT2D eigenvalue weighted by Crippen LogP contribution is -2.15. The lowest BCUT2D eigenvalue weighted by atomic mass is 10.1. The zero-order chi connectivity index (χ0) is 20.6. The second-order valence-electron chi connectivity index (χ2n) is 6.28. The maximum Gasteiger partial charge on any atom is 0.416 e. The number of benzene rings is 2. The smallest absolute Gasteiger partial charge is 0.306 e. The average Bonchev–Trinajstić information content (AvgIpc) is 3.06. The number of aromatic nitrogens is 2. The number of halogens is 4. The molecule has 146 valence electrons. The van der Waals surface area contributed by atoms with Crippen LogP contribution in [0.2, 0.25) is 0 Å². The normalized spacial score (nSPS) is 11.6. The molecule has 1 N–H and O–H groups in total. The van der Waals surface area contributed by atoms with Gasteiger partial charge in [0.15, 0.2) is 0 Å². The number of carbonyl (C=O) groups excluding carboxylic acids is 1. The molecule has 4 nitrogen and oxygen atoms in total. The summed E-state index contributed by atoms with van der Waals surface area (Å²) in [5.41, 5.74) is 0.139. The molecule has 0 aliphatic rings. The van der Waals surface area contributed by atoms with E-state index < -0.39 is 23.5 Å². The van der Waals surface area contributed by atoms with Crippen molar-refractivity contribution >= 4 is 17.4 Å². The number of anilines is 1. The number of fused-ring (bicyclic) bond motifs is 1. The van der Waals surface area contributed by atoms with Crippen molar-refractivity contribution in [2.45, 2.75) is 6.18 Å². The van der Waals surface area contributed by atoms with E-state index in [0.717, 1.165) is 12.1 Å². The number of carbonyl (C=O) groups is 1. The van der Waals surface area contributed by atoms with Gasteiger partial charge in [0.05, 0.1) is 5.56 Å². The summed E-state index contributed by atoms with van der Waals surface area (Å²) in [4.78, 5) is 17.1. The third kappa shape index (κ3) is 3.69. The monoisotopic (exact) mass is 399 g/mol. The Hall–Kier alpha value is -3.68. The third-order valence-corrected chi connectivity index (χ3v) is 4.31. The van der Waals surface area contributed by atoms with Gasteiger partial charge in [0, 0.05) is 17.3 Å². The van der Waals surface area contributed by atoms with E-state index in [9.17, 15) is 22.4 Å². The van der Waals surface area contributed by atoms with Gasteiger partial charge in [0.1, 0.15) is 23.0 Å². The van der Waals surface area contributed by atoms with Crippen molar-refractivity contribution in [3.63, 3.8) is 0 Å². The number of imidazole rings is 1. The number of nitrogens with zero attached hydrogens (tertiary/aromatic N) is 2. The molecule has 0 aliphatic heterocycles. The summed E-state index contributed by atoms with van der Waals surface area (Å²) in [6.45, 7) is 0. The maximum atomic E-state index is 13.7. The minimum absolute atomic E-state index is 0.157. The van der Waals surface area contributed by atoms with Gasteiger partial charge in [-0.25, -0.2) is 9.37 Å². The van der Waals surface area contributed by atoms with Gasteiger partial charge in [-0.1, -0.05) is 24.3 Å². The van der Waals surface area contributed by atoms with Gasteiger partial charge in [-0.2, -0.15) is 13.2 Å². The van der Waals surface area contributed by atoms with Crippen molar-refractivity contribution in [1.29, 1.82) is 0 Å². The van der Waals surface area contributed by atoms with Gasteiger partial charge in [-0.05, 0) is 42.5 Å². The first-order chi connectivity index (χ1) is 13.8. The number of nitrogens with one attached hydrogen (secondary N) is 1. The second-order valence-corrected chi connectivity index (χ2v) is 6.28. The van der Waals surface area contributed by atoms with Gasteiger partial charge in [-0.15, -0.1) is 0 Å². The lowest BCUT2D eigenvalue weighted by Gasteiger charge is -2.10. The summed E-state index contributed by atoms with van der Waals surface area (Å²) in [6.07, 6.45) is -2.92. The van der Waals surface area contributed by atoms with E-state index in [2.05, 4.69) is 10.3 Å². The molecule has 0 fully saturated rings. The van der Waals surface area contributed by atoms with Crippen molar-refractivity contribution in [2.24, 2.45) is 0 Å². The first kappa shape index (κ1) is 18.7. The van der Waals surface area contributed by atoms with Crippen LogP contribution >= 0.6 is 0 Å². The molecule has 0 aliphatic carbocycles. The minimum Gasteiger partial charge on any atom is -0.306 e. The van der Waals surface area contributed by atoms with Crippen molar-refractivity contribution in [1.82, 2.24) is 9.38 Å². The van der Waals surface area contributed by atoms with E-state index in [1.54, 1.807) is 34.9 Å². The first-order valence-corrected chi connectivity index (χ1v) is 8.54. The molecule has 0 spiro atoms. The van der Waals surface area contributed by atoms with Crippen LogP contribution < -0.4 is 5.32 Å². The topological polar surface area (TPSA) is 46.4 Å². The third-order valence-electron chi connectivity index (χ3n) is 4.31. The Labute approximate surface area is 162 Å². The van der Waals surface area contributed by atoms with Crippen LogP contribution in [0.4, 0.5) is 23.4 Å². The summed E-state index contributed by atoms with van der Waals surface area (Å²) in [5, 5.41) is 2.62. The molecule has 4 aromatic rings. The van der Waals surface area contributed by atoms with Gasteiger partial charge in [0.25, 0.3) is 5.91 Å². The fourth-order valence-corrected chi connectivity index (χ4v) is 2.97. The largest absolute Gasteiger partial charge is 0.416 e. The van der Waals surface area contributed by atoms with Crippen LogP contribution in [0.3, 0.4) is 0 Å². The number of hydrogen-bond acceptors (Lipinski definition) is 2. The maximum absolute atomic E-state index is 13.7. The van der Waals surface area contributed by atoms with Gasteiger partial charge in [0.2, 0.25) is 0 Å². The predicted octanol–water partition coefficient (Wildman–Crippen LogP) is 5.41. The summed E-state index contributed by atoms with van der Waals surface area (Å²) < 4.78 is 54.1. The zero-order valence-corrected chi connectivity index (χ0v) is 14.7. The molecular formula is C21H13F4N3O. The molecule has 2 aromatic heterocycles. The van der Waals surface area contributed by atoms with E-state index in [0.29, 0.717) is 16.9 Å². The van der Waals surface area contributed by atoms with E-state index in [-0.39, 0.29) is 11.4 Å². The number of pyridine rings is 1. The van der Waals surface area contributed by atoms with Crippen LogP contribution in [0.1, 0.15) is 15.9 Å². The molecule has 4 rings (SSSR count). The molecule has 29 heavy (non-hydrogen) atoms. The first-order valence-electron chi connectivity index (χ1n) is 8.54. The van der Waals surface area contributed by atoms with Crippen LogP contribution in [0.5, 0.6) is 0 Å². The Balaban J connectivity index is 1.78. The van der Waals surface area contributed by atoms with Crippen molar-refractivity contribution in [3.05, 3.63) is 89.9 Å². The highest BCUT2D eigenvalue weighted by molar-refractivity contribution is 6.06. The Kier molecular flexibility index (Phi) is 4.54. The molecule has 0 bridgehead atoms. The molecule has 2 aromatic carbocycles. The Morgan fingerprint density at radius 2 is 1.76 bits per heavy atom. The highest BCUT2D eigenvalue weighted by Crippen LogP contribution is 2.31. The SMILES string of the molecule is O=C(Nc1c(-c2cccc(F)c2)nc2ccccn12)c1cccc(C(F)(F)F)c1. The Morgan fingerprint density at radius 1 is 0.966 bits per heavy atom. The zero-order valence-electron chi connectivity index (χ0n) is 14.7. The molecule has 2 heterocycles. The van der Waals surface area contributed by atoms with Crippen molar-refractivity contribution in [3.8, 4) is 11.3 Å². The van der Waals surface area contributed by atoms with E-state index in [4.69, 9.17) is 0 Å². The molecule has 1 amide bonds. The number of alkyl halides is 3. The number of hydrogen-bond donors (Lipinski definition) is 1. The standard InChI is InChI=1S/C21H13F4N3O/c22-16-8-4-5-13(12-16)18-19(28-10-2-1-9-17(28)26-18)27-20(29)14-6-3-7-15(11-14)21(23,24)25/h1-12H,(H,27,29). The van der Waals surface area contributed by atoms with Crippen LogP contribution in [0, 0.1) is 5.82 Å². The molecule has 0 radical (unpaired) electrons. The van der Waals surface area contributed by atoms with Crippen LogP contribution in [0.25, 0.3) is 16.9 Å². The van der Waals surface area contributed by atoms with Crippen molar-refractivity contribution < 1.29 is 22.4 Å². The number of amides is 1. The molecule has 0 unspecified atom stereocenters. The summed E-state index contributed by atoms with van der Waals surface area (Å²) in [5.74, 6) is -0.984. The summed E-state index contributed by atoms with van der Waals surface area (Å²) in [7, 11) is 0. The quantitative estimate of drug-likeness (QED) is 0.468. The number of rotatable bonds is 3.